The first kappa shape index (κ1) is 13.9. The van der Waals surface area contributed by atoms with Crippen LogP contribution in [0.4, 0.5) is 0 Å². The van der Waals surface area contributed by atoms with E-state index in [2.05, 4.69) is 24.1 Å². The highest BCUT2D eigenvalue weighted by Gasteiger charge is 2.21. The van der Waals surface area contributed by atoms with Crippen molar-refractivity contribution < 1.29 is 4.74 Å². The largest absolute Gasteiger partial charge is 0.383 e. The fraction of sp³-hybridized carbons (Fsp3) is 1.00. The van der Waals surface area contributed by atoms with Gasteiger partial charge in [0.25, 0.3) is 0 Å². The molecular formula is C13H28N2O. The van der Waals surface area contributed by atoms with Crippen LogP contribution in [-0.4, -0.2) is 50.8 Å². The number of methoxy groups -OCH3 is 1. The van der Waals surface area contributed by atoms with Gasteiger partial charge in [0.05, 0.1) is 6.61 Å². The highest BCUT2D eigenvalue weighted by molar-refractivity contribution is 4.77. The summed E-state index contributed by atoms with van der Waals surface area (Å²) in [6.45, 7) is 10.2. The van der Waals surface area contributed by atoms with Crippen LogP contribution in [0.5, 0.6) is 0 Å². The van der Waals surface area contributed by atoms with E-state index in [1.54, 1.807) is 7.11 Å². The Morgan fingerprint density at radius 1 is 1.50 bits per heavy atom. The Morgan fingerprint density at radius 3 is 3.00 bits per heavy atom. The summed E-state index contributed by atoms with van der Waals surface area (Å²) in [5, 5.41) is 3.64. The number of likely N-dealkylation sites (tertiary alicyclic amines) is 1. The molecule has 1 aliphatic heterocycles. The predicted molar refractivity (Wildman–Crippen MR) is 68.8 cm³/mol. The molecule has 1 aliphatic rings. The summed E-state index contributed by atoms with van der Waals surface area (Å²) in [5.74, 6) is 0.844. The van der Waals surface area contributed by atoms with Crippen LogP contribution < -0.4 is 5.32 Å². The fourth-order valence-corrected chi connectivity index (χ4v) is 2.41. The molecule has 2 unspecified atom stereocenters. The average Bonchev–Trinajstić information content (AvgIpc) is 2.72. The molecule has 0 aromatic heterocycles. The molecule has 0 radical (unpaired) electrons. The first-order valence-corrected chi connectivity index (χ1v) is 6.71. The minimum Gasteiger partial charge on any atom is -0.383 e. The summed E-state index contributed by atoms with van der Waals surface area (Å²) in [4.78, 5) is 2.51. The minimum atomic E-state index is 0.679. The third kappa shape index (κ3) is 5.28. The first-order valence-electron chi connectivity index (χ1n) is 6.71. The molecule has 0 aromatic carbocycles. The number of hydrogen-bond acceptors (Lipinski definition) is 3. The Labute approximate surface area is 101 Å². The molecule has 3 nitrogen and oxygen atoms in total. The lowest BCUT2D eigenvalue weighted by Gasteiger charge is -2.18. The number of rotatable bonds is 8. The van der Waals surface area contributed by atoms with Crippen molar-refractivity contribution in [3.8, 4) is 0 Å². The summed E-state index contributed by atoms with van der Waals surface area (Å²) in [5.41, 5.74) is 0. The Balaban J connectivity index is 2.07. The molecule has 1 saturated heterocycles. The van der Waals surface area contributed by atoms with Crippen LogP contribution >= 0.6 is 0 Å². The molecule has 1 rings (SSSR count). The van der Waals surface area contributed by atoms with E-state index in [4.69, 9.17) is 4.74 Å². The van der Waals surface area contributed by atoms with Crippen molar-refractivity contribution in [3.63, 3.8) is 0 Å². The number of nitrogens with one attached hydrogen (secondary N) is 1. The maximum absolute atomic E-state index is 5.11. The molecule has 16 heavy (non-hydrogen) atoms. The summed E-state index contributed by atoms with van der Waals surface area (Å²) in [6, 6.07) is 0.679. The van der Waals surface area contributed by atoms with Gasteiger partial charge in [-0.3, -0.25) is 0 Å². The monoisotopic (exact) mass is 228 g/mol. The van der Waals surface area contributed by atoms with E-state index >= 15 is 0 Å². The van der Waals surface area contributed by atoms with Crippen LogP contribution in [0.3, 0.4) is 0 Å². The fourth-order valence-electron chi connectivity index (χ4n) is 2.41. The number of ether oxygens (including phenoxy) is 1. The van der Waals surface area contributed by atoms with Crippen molar-refractivity contribution in [2.24, 2.45) is 5.92 Å². The lowest BCUT2D eigenvalue weighted by atomic mass is 10.1. The topological polar surface area (TPSA) is 24.5 Å². The molecule has 0 bridgehead atoms. The second-order valence-electron chi connectivity index (χ2n) is 5.05. The zero-order chi connectivity index (χ0) is 11.8. The lowest BCUT2D eigenvalue weighted by molar-refractivity contribution is 0.158. The molecule has 3 heteroatoms. The molecule has 2 atom stereocenters. The van der Waals surface area contributed by atoms with Gasteiger partial charge in [0.1, 0.15) is 0 Å². The summed E-state index contributed by atoms with van der Waals surface area (Å²) >= 11 is 0. The normalized spacial score (nSPS) is 23.8. The van der Waals surface area contributed by atoms with E-state index in [9.17, 15) is 0 Å². The van der Waals surface area contributed by atoms with Crippen molar-refractivity contribution in [1.29, 1.82) is 0 Å². The van der Waals surface area contributed by atoms with E-state index < -0.39 is 0 Å². The quantitative estimate of drug-likeness (QED) is 0.685. The first-order chi connectivity index (χ1) is 7.76. The maximum Gasteiger partial charge on any atom is 0.0589 e. The van der Waals surface area contributed by atoms with Gasteiger partial charge in [-0.2, -0.15) is 0 Å². The van der Waals surface area contributed by atoms with Gasteiger partial charge in [-0.25, -0.2) is 0 Å². The number of nitrogens with zero attached hydrogens (tertiary/aromatic N) is 1. The van der Waals surface area contributed by atoms with Gasteiger partial charge in [-0.1, -0.05) is 13.3 Å². The van der Waals surface area contributed by atoms with Crippen LogP contribution in [0.1, 0.15) is 33.1 Å². The van der Waals surface area contributed by atoms with E-state index in [0.717, 1.165) is 19.1 Å². The van der Waals surface area contributed by atoms with Crippen LogP contribution in [-0.2, 0) is 4.74 Å². The predicted octanol–water partition coefficient (Wildman–Crippen LogP) is 1.73. The van der Waals surface area contributed by atoms with Crippen LogP contribution in [0.25, 0.3) is 0 Å². The molecule has 1 heterocycles. The maximum atomic E-state index is 5.11. The molecule has 1 N–H and O–H groups in total. The Hall–Kier alpha value is -0.120. The van der Waals surface area contributed by atoms with E-state index in [1.807, 2.05) is 0 Å². The Kier molecular flexibility index (Phi) is 7.01. The molecule has 0 spiro atoms. The van der Waals surface area contributed by atoms with Crippen molar-refractivity contribution in [2.75, 3.05) is 39.9 Å². The van der Waals surface area contributed by atoms with Gasteiger partial charge >= 0.3 is 0 Å². The third-order valence-corrected chi connectivity index (χ3v) is 3.46. The molecule has 96 valence electrons. The second-order valence-corrected chi connectivity index (χ2v) is 5.05. The summed E-state index contributed by atoms with van der Waals surface area (Å²) < 4.78 is 5.11. The molecular weight excluding hydrogens is 200 g/mol. The third-order valence-electron chi connectivity index (χ3n) is 3.46. The second kappa shape index (κ2) is 8.04. The van der Waals surface area contributed by atoms with Gasteiger partial charge in [0.15, 0.2) is 0 Å². The zero-order valence-corrected chi connectivity index (χ0v) is 11.2. The summed E-state index contributed by atoms with van der Waals surface area (Å²) in [7, 11) is 1.78. The SMILES string of the molecule is CCCC(C)NCC1CCN(CCOC)C1. The molecule has 1 fully saturated rings. The van der Waals surface area contributed by atoms with Crippen LogP contribution in [0, 0.1) is 5.92 Å². The van der Waals surface area contributed by atoms with E-state index in [0.29, 0.717) is 6.04 Å². The average molecular weight is 228 g/mol. The van der Waals surface area contributed by atoms with Crippen molar-refractivity contribution in [1.82, 2.24) is 10.2 Å². The molecule has 0 amide bonds. The minimum absolute atomic E-state index is 0.679. The molecule has 0 aliphatic carbocycles. The van der Waals surface area contributed by atoms with E-state index in [-0.39, 0.29) is 0 Å². The van der Waals surface area contributed by atoms with Gasteiger partial charge < -0.3 is 15.0 Å². The van der Waals surface area contributed by atoms with Crippen LogP contribution in [0.15, 0.2) is 0 Å². The van der Waals surface area contributed by atoms with Crippen molar-refractivity contribution >= 4 is 0 Å². The molecule has 0 saturated carbocycles. The lowest BCUT2D eigenvalue weighted by Crippen LogP contribution is -2.33. The number of hydrogen-bond donors (Lipinski definition) is 1. The Morgan fingerprint density at radius 2 is 2.31 bits per heavy atom. The van der Waals surface area contributed by atoms with Gasteiger partial charge in [0.2, 0.25) is 0 Å². The molecule has 0 aromatic rings. The van der Waals surface area contributed by atoms with Gasteiger partial charge in [-0.05, 0) is 38.8 Å². The standard InChI is InChI=1S/C13H28N2O/c1-4-5-12(2)14-10-13-6-7-15(11-13)8-9-16-3/h12-14H,4-11H2,1-3H3. The summed E-state index contributed by atoms with van der Waals surface area (Å²) in [6.07, 6.45) is 3.91. The zero-order valence-electron chi connectivity index (χ0n) is 11.2. The van der Waals surface area contributed by atoms with Crippen LogP contribution in [0.2, 0.25) is 0 Å². The highest BCUT2D eigenvalue weighted by Crippen LogP contribution is 2.15. The Bertz CT molecular complexity index is 175. The van der Waals surface area contributed by atoms with Crippen molar-refractivity contribution in [3.05, 3.63) is 0 Å². The smallest absolute Gasteiger partial charge is 0.0589 e. The van der Waals surface area contributed by atoms with Gasteiger partial charge in [-0.15, -0.1) is 0 Å². The van der Waals surface area contributed by atoms with E-state index in [1.165, 1.54) is 38.9 Å². The van der Waals surface area contributed by atoms with Crippen molar-refractivity contribution in [2.45, 2.75) is 39.2 Å². The highest BCUT2D eigenvalue weighted by atomic mass is 16.5. The van der Waals surface area contributed by atoms with Gasteiger partial charge in [0, 0.05) is 26.2 Å².